The molecule has 0 aromatic heterocycles. The molecule has 1 aromatic carbocycles. The van der Waals surface area contributed by atoms with Crippen LogP contribution in [0.5, 0.6) is 5.75 Å². The first-order valence-electron chi connectivity index (χ1n) is 5.08. The van der Waals surface area contributed by atoms with E-state index in [1.165, 1.54) is 0 Å². The number of quaternary nitrogens is 1. The number of nitrogens with one attached hydrogen (secondary N) is 1. The Morgan fingerprint density at radius 1 is 1.47 bits per heavy atom. The molecule has 0 fully saturated rings. The lowest BCUT2D eigenvalue weighted by Gasteiger charge is -2.25. The fourth-order valence-electron chi connectivity index (χ4n) is 1.73. The smallest absolute Gasteiger partial charge is 0.119 e. The molecule has 1 aliphatic heterocycles. The number of rotatable bonds is 1. The average molecular weight is 205 g/mol. The Bertz CT molecular complexity index is 387. The van der Waals surface area contributed by atoms with Crippen LogP contribution >= 0.6 is 0 Å². The minimum atomic E-state index is 0.0170. The number of hydrogen-bond acceptors (Lipinski definition) is 2. The van der Waals surface area contributed by atoms with Gasteiger partial charge in [0, 0.05) is 5.56 Å². The van der Waals surface area contributed by atoms with Crippen molar-refractivity contribution in [2.24, 2.45) is 0 Å². The van der Waals surface area contributed by atoms with E-state index >= 15 is 0 Å². The van der Waals surface area contributed by atoms with Gasteiger partial charge in [-0.3, -0.25) is 0 Å². The Morgan fingerprint density at radius 2 is 2.27 bits per heavy atom. The summed E-state index contributed by atoms with van der Waals surface area (Å²) >= 11 is 0. The van der Waals surface area contributed by atoms with Crippen molar-refractivity contribution in [3.63, 3.8) is 0 Å². The zero-order valence-electron chi connectivity index (χ0n) is 8.99. The first-order valence-corrected chi connectivity index (χ1v) is 5.08. The molecule has 1 heterocycles. The number of ether oxygens (including phenoxy) is 1. The average Bonchev–Trinajstić information content (AvgIpc) is 2.39. The van der Waals surface area contributed by atoms with Gasteiger partial charge in [-0.05, 0) is 30.7 Å². The fourth-order valence-corrected chi connectivity index (χ4v) is 1.73. The van der Waals surface area contributed by atoms with E-state index in [1.54, 1.807) is 7.11 Å². The number of methoxy groups -OCH3 is 1. The van der Waals surface area contributed by atoms with E-state index in [0.29, 0.717) is 6.54 Å². The molecule has 0 saturated heterocycles. The normalized spacial score (nSPS) is 24.5. The van der Waals surface area contributed by atoms with E-state index in [1.807, 2.05) is 37.3 Å². The maximum absolute atomic E-state index is 11.7. The number of hydrogen-bond donors (Lipinski definition) is 1. The Labute approximate surface area is 89.5 Å². The molecular formula is C12H15NO2. The highest BCUT2D eigenvalue weighted by atomic mass is 16.5. The highest BCUT2D eigenvalue weighted by molar-refractivity contribution is 5.56. The van der Waals surface area contributed by atoms with Gasteiger partial charge in [0.25, 0.3) is 0 Å². The summed E-state index contributed by atoms with van der Waals surface area (Å²) < 4.78 is 5.15. The Hall–Kier alpha value is -1.32. The van der Waals surface area contributed by atoms with Crippen LogP contribution < -0.4 is 9.80 Å². The Morgan fingerprint density at radius 3 is 3.00 bits per heavy atom. The third-order valence-electron chi connectivity index (χ3n) is 2.79. The van der Waals surface area contributed by atoms with Crippen LogP contribution in [0.3, 0.4) is 0 Å². The van der Waals surface area contributed by atoms with E-state index in [-0.39, 0.29) is 11.1 Å². The van der Waals surface area contributed by atoms with Crippen molar-refractivity contribution in [3.05, 3.63) is 40.6 Å². The summed E-state index contributed by atoms with van der Waals surface area (Å²) in [7, 11) is 1.64. The second-order valence-corrected chi connectivity index (χ2v) is 3.86. The van der Waals surface area contributed by atoms with Crippen molar-refractivity contribution in [2.75, 3.05) is 7.11 Å². The summed E-state index contributed by atoms with van der Waals surface area (Å²) in [5.41, 5.74) is 2.17. The summed E-state index contributed by atoms with van der Waals surface area (Å²) in [6.45, 7) is 2.43. The number of benzene rings is 1. The Kier molecular flexibility index (Phi) is 2.75. The van der Waals surface area contributed by atoms with Crippen LogP contribution in [0.4, 0.5) is 0 Å². The van der Waals surface area contributed by atoms with Gasteiger partial charge in [-0.2, -0.15) is 0 Å². The van der Waals surface area contributed by atoms with Gasteiger partial charge in [0.2, 0.25) is 0 Å². The predicted molar refractivity (Wildman–Crippen MR) is 59.5 cm³/mol. The molecule has 0 saturated carbocycles. The lowest BCUT2D eigenvalue weighted by Crippen LogP contribution is -3.09. The molecular weight excluding hydrogens is 190 g/mol. The van der Waals surface area contributed by atoms with Crippen molar-refractivity contribution in [2.45, 2.75) is 19.5 Å². The summed E-state index contributed by atoms with van der Waals surface area (Å²) in [5.74, 6) is 0.810. The number of fused-ring (bicyclic) bond motifs is 1. The maximum atomic E-state index is 11.7. The monoisotopic (exact) mass is 205 g/mol. The molecule has 1 aromatic rings. The number of hydroxylamine groups is 2. The first-order chi connectivity index (χ1) is 7.20. The van der Waals surface area contributed by atoms with E-state index in [9.17, 15) is 5.21 Å². The second-order valence-electron chi connectivity index (χ2n) is 3.86. The van der Waals surface area contributed by atoms with Crippen molar-refractivity contribution in [3.8, 4) is 5.75 Å². The molecule has 3 heteroatoms. The molecule has 3 nitrogen and oxygen atoms in total. The molecule has 2 rings (SSSR count). The summed E-state index contributed by atoms with van der Waals surface area (Å²) in [5, 5.41) is 11.9. The van der Waals surface area contributed by atoms with Gasteiger partial charge < -0.3 is 15.0 Å². The van der Waals surface area contributed by atoms with Gasteiger partial charge in [-0.1, -0.05) is 12.1 Å². The molecule has 1 N–H and O–H groups in total. The molecule has 2 unspecified atom stereocenters. The fraction of sp³-hybridized carbons (Fsp3) is 0.333. The van der Waals surface area contributed by atoms with Gasteiger partial charge >= 0.3 is 0 Å². The zero-order valence-corrected chi connectivity index (χ0v) is 8.99. The van der Waals surface area contributed by atoms with Crippen molar-refractivity contribution in [1.82, 2.24) is 0 Å². The van der Waals surface area contributed by atoms with Crippen LogP contribution in [-0.2, 0) is 6.54 Å². The standard InChI is InChI=1S/C12H15NO2/c1-9-3-4-10-5-6-12(15-2)7-11(10)8-13(9)14/h3-7,9,13H,8H2,1-2H3. The Balaban J connectivity index is 2.39. The summed E-state index contributed by atoms with van der Waals surface area (Å²) in [6, 6.07) is 5.87. The summed E-state index contributed by atoms with van der Waals surface area (Å²) in [4.78, 5) is 0. The maximum Gasteiger partial charge on any atom is 0.119 e. The third-order valence-corrected chi connectivity index (χ3v) is 2.79. The molecule has 0 bridgehead atoms. The predicted octanol–water partition coefficient (Wildman–Crippen LogP) is 0.993. The van der Waals surface area contributed by atoms with Crippen LogP contribution in [0.25, 0.3) is 6.08 Å². The molecule has 0 radical (unpaired) electrons. The van der Waals surface area contributed by atoms with Gasteiger partial charge in [-0.25, -0.2) is 0 Å². The molecule has 2 atom stereocenters. The van der Waals surface area contributed by atoms with Crippen molar-refractivity contribution in [1.29, 1.82) is 0 Å². The SMILES string of the molecule is COc1ccc2c(c1)C[NH+]([O-])C(C)C=C2. The second kappa shape index (κ2) is 4.04. The molecule has 0 aliphatic carbocycles. The van der Waals surface area contributed by atoms with Gasteiger partial charge in [-0.15, -0.1) is 0 Å². The van der Waals surface area contributed by atoms with Crippen LogP contribution in [0.1, 0.15) is 18.1 Å². The van der Waals surface area contributed by atoms with Crippen molar-refractivity contribution >= 4 is 6.08 Å². The van der Waals surface area contributed by atoms with E-state index in [2.05, 4.69) is 0 Å². The minimum absolute atomic E-state index is 0.0170. The van der Waals surface area contributed by atoms with E-state index < -0.39 is 0 Å². The third kappa shape index (κ3) is 2.03. The van der Waals surface area contributed by atoms with Gasteiger partial charge in [0.1, 0.15) is 18.3 Å². The van der Waals surface area contributed by atoms with Crippen LogP contribution in [0, 0.1) is 5.21 Å². The molecule has 15 heavy (non-hydrogen) atoms. The molecule has 1 aliphatic rings. The van der Waals surface area contributed by atoms with Crippen molar-refractivity contribution < 1.29 is 9.80 Å². The molecule has 0 amide bonds. The highest BCUT2D eigenvalue weighted by Gasteiger charge is 2.14. The largest absolute Gasteiger partial charge is 0.634 e. The minimum Gasteiger partial charge on any atom is -0.634 e. The van der Waals surface area contributed by atoms with E-state index in [4.69, 9.17) is 4.74 Å². The highest BCUT2D eigenvalue weighted by Crippen LogP contribution is 2.19. The van der Waals surface area contributed by atoms with Gasteiger partial charge in [0.15, 0.2) is 0 Å². The first kappa shape index (κ1) is 10.2. The van der Waals surface area contributed by atoms with Gasteiger partial charge in [0.05, 0.1) is 7.11 Å². The lowest BCUT2D eigenvalue weighted by atomic mass is 10.1. The van der Waals surface area contributed by atoms with Crippen LogP contribution in [0.2, 0.25) is 0 Å². The van der Waals surface area contributed by atoms with Crippen LogP contribution in [-0.4, -0.2) is 13.2 Å². The lowest BCUT2D eigenvalue weighted by molar-refractivity contribution is -0.879. The summed E-state index contributed by atoms with van der Waals surface area (Å²) in [6.07, 6.45) is 3.98. The quantitative estimate of drug-likeness (QED) is 0.694. The van der Waals surface area contributed by atoms with Crippen LogP contribution in [0.15, 0.2) is 24.3 Å². The topological polar surface area (TPSA) is 36.7 Å². The molecule has 80 valence electrons. The molecule has 0 spiro atoms. The van der Waals surface area contributed by atoms with E-state index in [0.717, 1.165) is 16.9 Å². The zero-order chi connectivity index (χ0) is 10.8.